The minimum Gasteiger partial charge on any atom is -0.494 e. The largest absolute Gasteiger partial charge is 0.494 e. The van der Waals surface area contributed by atoms with Gasteiger partial charge in [0.2, 0.25) is 0 Å². The average molecular weight is 528 g/mol. The molecule has 1 unspecified atom stereocenters. The molecule has 0 saturated carbocycles. The van der Waals surface area contributed by atoms with Gasteiger partial charge >= 0.3 is 0 Å². The quantitative estimate of drug-likeness (QED) is 0.220. The van der Waals surface area contributed by atoms with E-state index in [0.29, 0.717) is 53.7 Å². The van der Waals surface area contributed by atoms with E-state index in [4.69, 9.17) is 14.5 Å². The topological polar surface area (TPSA) is 73.7 Å². The molecule has 4 rings (SSSR count). The van der Waals surface area contributed by atoms with Crippen molar-refractivity contribution in [3.8, 4) is 17.2 Å². The summed E-state index contributed by atoms with van der Waals surface area (Å²) in [6.07, 6.45) is 1.39. The summed E-state index contributed by atoms with van der Waals surface area (Å²) in [4.78, 5) is 34.4. The molecule has 4 aromatic rings. The molecule has 0 aliphatic heterocycles. The second kappa shape index (κ2) is 13.1. The lowest BCUT2D eigenvalue weighted by molar-refractivity contribution is -0.136. The summed E-state index contributed by atoms with van der Waals surface area (Å²) in [5, 5.41) is 0.525. The van der Waals surface area contributed by atoms with Crippen molar-refractivity contribution in [2.75, 3.05) is 19.8 Å². The first kappa shape index (κ1) is 27.9. The number of nitrogens with zero attached hydrogens (tertiary/aromatic N) is 3. The van der Waals surface area contributed by atoms with Crippen LogP contribution in [0.2, 0.25) is 0 Å². The Balaban J connectivity index is 1.80. The molecule has 0 aliphatic rings. The fraction of sp³-hybridized carbons (Fsp3) is 0.344. The first-order chi connectivity index (χ1) is 18.9. The molecular formula is C32H37N3O4. The van der Waals surface area contributed by atoms with E-state index >= 15 is 0 Å². The molecule has 1 aromatic heterocycles. The second-order valence-electron chi connectivity index (χ2n) is 9.85. The van der Waals surface area contributed by atoms with Gasteiger partial charge in [-0.1, -0.05) is 51.1 Å². The molecule has 0 radical (unpaired) electrons. The van der Waals surface area contributed by atoms with E-state index in [1.165, 1.54) is 0 Å². The highest BCUT2D eigenvalue weighted by atomic mass is 16.5. The number of rotatable bonds is 12. The maximum atomic E-state index is 13.9. The minimum absolute atomic E-state index is 0.0977. The zero-order valence-corrected chi connectivity index (χ0v) is 23.2. The summed E-state index contributed by atoms with van der Waals surface area (Å²) in [7, 11) is 0. The van der Waals surface area contributed by atoms with Crippen molar-refractivity contribution in [1.82, 2.24) is 14.5 Å². The van der Waals surface area contributed by atoms with E-state index in [2.05, 4.69) is 13.8 Å². The Labute approximate surface area is 230 Å². The molecule has 1 atom stereocenters. The van der Waals surface area contributed by atoms with E-state index in [1.807, 2.05) is 91.5 Å². The van der Waals surface area contributed by atoms with Crippen LogP contribution < -0.4 is 15.0 Å². The van der Waals surface area contributed by atoms with E-state index in [0.717, 1.165) is 12.2 Å². The predicted molar refractivity (Wildman–Crippen MR) is 155 cm³/mol. The highest BCUT2D eigenvalue weighted by molar-refractivity contribution is 5.79. The standard InChI is InChI=1S/C32H37N3O4/c1-5-29(34(21-20-23(3)4)30(36)22-39-25-12-8-7-9-13-25)31-33-28-15-11-10-14-27(28)32(37)35(31)24-16-18-26(19-17-24)38-6-2/h7-19,23,29H,5-6,20-22H2,1-4H3. The van der Waals surface area contributed by atoms with Gasteiger partial charge in [0.25, 0.3) is 11.5 Å². The number of carbonyl (C=O) groups excluding carboxylic acids is 1. The molecular weight excluding hydrogens is 490 g/mol. The summed E-state index contributed by atoms with van der Waals surface area (Å²) in [6.45, 7) is 9.20. The molecule has 1 heterocycles. The molecule has 0 N–H and O–H groups in total. The zero-order valence-electron chi connectivity index (χ0n) is 23.2. The van der Waals surface area contributed by atoms with E-state index in [9.17, 15) is 9.59 Å². The molecule has 0 bridgehead atoms. The van der Waals surface area contributed by atoms with Gasteiger partial charge in [0.05, 0.1) is 29.2 Å². The van der Waals surface area contributed by atoms with Gasteiger partial charge in [-0.25, -0.2) is 4.98 Å². The Hall–Kier alpha value is -4.13. The van der Waals surface area contributed by atoms with Crippen LogP contribution in [-0.2, 0) is 4.79 Å². The molecule has 3 aromatic carbocycles. The normalized spacial score (nSPS) is 11.9. The average Bonchev–Trinajstić information content (AvgIpc) is 2.95. The number of fused-ring (bicyclic) bond motifs is 1. The third-order valence-corrected chi connectivity index (χ3v) is 6.64. The van der Waals surface area contributed by atoms with E-state index < -0.39 is 6.04 Å². The molecule has 0 fully saturated rings. The Bertz CT molecular complexity index is 1430. The van der Waals surface area contributed by atoms with Gasteiger partial charge in [0.15, 0.2) is 6.61 Å². The molecule has 0 spiro atoms. The fourth-order valence-electron chi connectivity index (χ4n) is 4.62. The summed E-state index contributed by atoms with van der Waals surface area (Å²) in [5.41, 5.74) is 1.11. The number of benzene rings is 3. The van der Waals surface area contributed by atoms with Gasteiger partial charge in [-0.15, -0.1) is 0 Å². The summed E-state index contributed by atoms with van der Waals surface area (Å²) in [5.74, 6) is 2.14. The summed E-state index contributed by atoms with van der Waals surface area (Å²) < 4.78 is 13.1. The SMILES string of the molecule is CCOc1ccc(-n2c(C(CC)N(CCC(C)C)C(=O)COc3ccccc3)nc3ccccc3c2=O)cc1. The molecule has 1 amide bonds. The van der Waals surface area contributed by atoms with E-state index in [1.54, 1.807) is 10.6 Å². The fourth-order valence-corrected chi connectivity index (χ4v) is 4.62. The first-order valence-electron chi connectivity index (χ1n) is 13.6. The van der Waals surface area contributed by atoms with Gasteiger partial charge in [0, 0.05) is 6.54 Å². The molecule has 7 heteroatoms. The Morgan fingerprint density at radius 3 is 2.23 bits per heavy atom. The van der Waals surface area contributed by atoms with Crippen LogP contribution in [0.4, 0.5) is 0 Å². The number of hydrogen-bond acceptors (Lipinski definition) is 5. The van der Waals surface area contributed by atoms with Crippen LogP contribution in [0.25, 0.3) is 16.6 Å². The maximum absolute atomic E-state index is 13.9. The van der Waals surface area contributed by atoms with Crippen LogP contribution in [0.15, 0.2) is 83.7 Å². The third kappa shape index (κ3) is 6.66. The first-order valence-corrected chi connectivity index (χ1v) is 13.6. The van der Waals surface area contributed by atoms with Crippen molar-refractivity contribution in [2.24, 2.45) is 5.92 Å². The number of amides is 1. The smallest absolute Gasteiger partial charge is 0.266 e. The monoisotopic (exact) mass is 527 g/mol. The van der Waals surface area contributed by atoms with Crippen LogP contribution in [0.1, 0.15) is 52.4 Å². The number of ether oxygens (including phenoxy) is 2. The van der Waals surface area contributed by atoms with Gasteiger partial charge in [-0.2, -0.15) is 0 Å². The molecule has 204 valence electrons. The van der Waals surface area contributed by atoms with Crippen LogP contribution >= 0.6 is 0 Å². The third-order valence-electron chi connectivity index (χ3n) is 6.64. The van der Waals surface area contributed by atoms with Gasteiger partial charge in [-0.3, -0.25) is 14.2 Å². The number of para-hydroxylation sites is 2. The highest BCUT2D eigenvalue weighted by Crippen LogP contribution is 2.28. The van der Waals surface area contributed by atoms with Crippen LogP contribution in [0, 0.1) is 5.92 Å². The van der Waals surface area contributed by atoms with Crippen molar-refractivity contribution in [3.05, 3.63) is 95.0 Å². The summed E-state index contributed by atoms with van der Waals surface area (Å²) >= 11 is 0. The van der Waals surface area contributed by atoms with Crippen LogP contribution in [0.5, 0.6) is 11.5 Å². The van der Waals surface area contributed by atoms with Crippen molar-refractivity contribution < 1.29 is 14.3 Å². The predicted octanol–water partition coefficient (Wildman–Crippen LogP) is 6.19. The van der Waals surface area contributed by atoms with Crippen molar-refractivity contribution in [1.29, 1.82) is 0 Å². The van der Waals surface area contributed by atoms with Crippen molar-refractivity contribution in [3.63, 3.8) is 0 Å². The minimum atomic E-state index is -0.431. The van der Waals surface area contributed by atoms with Gasteiger partial charge in [-0.05, 0) is 74.2 Å². The lowest BCUT2D eigenvalue weighted by atomic mass is 10.1. The Morgan fingerprint density at radius 2 is 1.56 bits per heavy atom. The molecule has 0 aliphatic carbocycles. The number of aromatic nitrogens is 2. The molecule has 0 saturated heterocycles. The van der Waals surface area contributed by atoms with Crippen LogP contribution in [0.3, 0.4) is 0 Å². The van der Waals surface area contributed by atoms with Crippen molar-refractivity contribution >= 4 is 16.8 Å². The van der Waals surface area contributed by atoms with E-state index in [-0.39, 0.29) is 18.1 Å². The Kier molecular flexibility index (Phi) is 9.36. The lowest BCUT2D eigenvalue weighted by Gasteiger charge is -2.33. The highest BCUT2D eigenvalue weighted by Gasteiger charge is 2.29. The number of hydrogen-bond donors (Lipinski definition) is 0. The number of carbonyl (C=O) groups is 1. The summed E-state index contributed by atoms with van der Waals surface area (Å²) in [6, 6.07) is 23.6. The van der Waals surface area contributed by atoms with Crippen molar-refractivity contribution in [2.45, 2.75) is 46.6 Å². The second-order valence-corrected chi connectivity index (χ2v) is 9.85. The maximum Gasteiger partial charge on any atom is 0.266 e. The zero-order chi connectivity index (χ0) is 27.8. The van der Waals surface area contributed by atoms with Gasteiger partial charge < -0.3 is 14.4 Å². The molecule has 7 nitrogen and oxygen atoms in total. The van der Waals surface area contributed by atoms with Gasteiger partial charge in [0.1, 0.15) is 17.3 Å². The van der Waals surface area contributed by atoms with Crippen LogP contribution in [-0.4, -0.2) is 40.1 Å². The lowest BCUT2D eigenvalue weighted by Crippen LogP contribution is -2.41. The molecule has 39 heavy (non-hydrogen) atoms. The Morgan fingerprint density at radius 1 is 0.897 bits per heavy atom.